The highest BCUT2D eigenvalue weighted by Crippen LogP contribution is 2.13. The minimum absolute atomic E-state index is 0.0591. The molecule has 0 aromatic carbocycles. The molecule has 1 saturated heterocycles. The number of likely N-dealkylation sites (N-methyl/N-ethyl adjacent to an activating group) is 1. The number of ether oxygens (including phenoxy) is 1. The second kappa shape index (κ2) is 6.44. The first-order chi connectivity index (χ1) is 7.29. The van der Waals surface area contributed by atoms with Crippen molar-refractivity contribution in [2.45, 2.75) is 18.9 Å². The Bertz CT molecular complexity index is 247. The Labute approximate surface area is 90.8 Å². The molecule has 1 aliphatic heterocycles. The molecule has 2 atom stereocenters. The van der Waals surface area contributed by atoms with Gasteiger partial charge in [0, 0.05) is 19.0 Å². The molecule has 2 N–H and O–H groups in total. The third-order valence-electron chi connectivity index (χ3n) is 2.59. The highest BCUT2D eigenvalue weighted by atomic mass is 16.5. The second-order valence-electron chi connectivity index (χ2n) is 3.64. The Morgan fingerprint density at radius 2 is 2.40 bits per heavy atom. The second-order valence-corrected chi connectivity index (χ2v) is 3.64. The van der Waals surface area contributed by atoms with Gasteiger partial charge in [-0.25, -0.2) is 0 Å². The lowest BCUT2D eigenvalue weighted by molar-refractivity contribution is -0.125. The molecule has 0 spiro atoms. The predicted molar refractivity (Wildman–Crippen MR) is 58.2 cm³/mol. The average molecular weight is 210 g/mol. The van der Waals surface area contributed by atoms with Gasteiger partial charge in [-0.05, 0) is 13.5 Å². The summed E-state index contributed by atoms with van der Waals surface area (Å²) in [6.45, 7) is 1.77. The molecule has 1 amide bonds. The normalized spacial score (nSPS) is 24.8. The topological polar surface area (TPSA) is 50.4 Å². The summed E-state index contributed by atoms with van der Waals surface area (Å²) in [5, 5.41) is 5.95. The van der Waals surface area contributed by atoms with Gasteiger partial charge in [0.1, 0.15) is 0 Å². The van der Waals surface area contributed by atoms with E-state index < -0.39 is 0 Å². The number of rotatable bonds is 5. The van der Waals surface area contributed by atoms with Crippen molar-refractivity contribution in [2.24, 2.45) is 5.92 Å². The number of hydrogen-bond acceptors (Lipinski definition) is 3. The van der Waals surface area contributed by atoms with Crippen molar-refractivity contribution in [2.75, 3.05) is 26.8 Å². The Kier molecular flexibility index (Phi) is 5.16. The van der Waals surface area contributed by atoms with Gasteiger partial charge < -0.3 is 15.4 Å². The zero-order valence-electron chi connectivity index (χ0n) is 9.08. The summed E-state index contributed by atoms with van der Waals surface area (Å²) in [5.74, 6) is 2.53. The number of carbonyl (C=O) groups excluding carboxylic acids is 1. The van der Waals surface area contributed by atoms with Crippen LogP contribution in [0, 0.1) is 18.3 Å². The lowest BCUT2D eigenvalue weighted by Gasteiger charge is -2.16. The first-order valence-electron chi connectivity index (χ1n) is 5.25. The fourth-order valence-electron chi connectivity index (χ4n) is 1.63. The van der Waals surface area contributed by atoms with E-state index in [4.69, 9.17) is 11.2 Å². The molecule has 1 aliphatic rings. The molecule has 0 aromatic heterocycles. The molecule has 1 rings (SSSR count). The van der Waals surface area contributed by atoms with E-state index in [1.807, 2.05) is 7.05 Å². The van der Waals surface area contributed by atoms with E-state index in [9.17, 15) is 4.79 Å². The molecule has 0 aromatic rings. The molecule has 4 nitrogen and oxygen atoms in total. The molecule has 2 unspecified atom stereocenters. The highest BCUT2D eigenvalue weighted by Gasteiger charge is 2.32. The van der Waals surface area contributed by atoms with Crippen LogP contribution in [-0.2, 0) is 9.53 Å². The summed E-state index contributed by atoms with van der Waals surface area (Å²) in [5.41, 5.74) is 0. The van der Waals surface area contributed by atoms with Gasteiger partial charge in [-0.1, -0.05) is 0 Å². The Morgan fingerprint density at radius 3 is 3.07 bits per heavy atom. The van der Waals surface area contributed by atoms with Gasteiger partial charge in [0.05, 0.1) is 19.1 Å². The van der Waals surface area contributed by atoms with E-state index in [0.717, 1.165) is 6.42 Å². The molecule has 15 heavy (non-hydrogen) atoms. The van der Waals surface area contributed by atoms with Crippen molar-refractivity contribution in [3.63, 3.8) is 0 Å². The smallest absolute Gasteiger partial charge is 0.227 e. The Balaban J connectivity index is 2.24. The number of nitrogens with one attached hydrogen (secondary N) is 2. The van der Waals surface area contributed by atoms with Crippen molar-refractivity contribution in [1.29, 1.82) is 0 Å². The van der Waals surface area contributed by atoms with Gasteiger partial charge in [0.25, 0.3) is 0 Å². The SMILES string of the molecule is C#CCCCNC(=O)C1COCC1NC. The molecule has 0 radical (unpaired) electrons. The molecule has 0 bridgehead atoms. The van der Waals surface area contributed by atoms with Gasteiger partial charge in [-0.3, -0.25) is 4.79 Å². The lowest BCUT2D eigenvalue weighted by Crippen LogP contribution is -2.42. The van der Waals surface area contributed by atoms with Crippen molar-refractivity contribution in [3.8, 4) is 12.3 Å². The maximum Gasteiger partial charge on any atom is 0.227 e. The van der Waals surface area contributed by atoms with E-state index >= 15 is 0 Å². The van der Waals surface area contributed by atoms with Crippen LogP contribution < -0.4 is 10.6 Å². The number of amides is 1. The summed E-state index contributed by atoms with van der Waals surface area (Å²) in [6, 6.07) is 0.137. The van der Waals surface area contributed by atoms with E-state index in [-0.39, 0.29) is 17.9 Å². The van der Waals surface area contributed by atoms with E-state index in [1.165, 1.54) is 0 Å². The van der Waals surface area contributed by atoms with Gasteiger partial charge >= 0.3 is 0 Å². The van der Waals surface area contributed by atoms with Crippen LogP contribution in [0.1, 0.15) is 12.8 Å². The molecular weight excluding hydrogens is 192 g/mol. The number of carbonyl (C=O) groups is 1. The molecule has 4 heteroatoms. The van der Waals surface area contributed by atoms with Crippen LogP contribution in [0.25, 0.3) is 0 Å². The fraction of sp³-hybridized carbons (Fsp3) is 0.727. The minimum atomic E-state index is -0.0687. The van der Waals surface area contributed by atoms with E-state index in [1.54, 1.807) is 0 Å². The van der Waals surface area contributed by atoms with Crippen molar-refractivity contribution in [3.05, 3.63) is 0 Å². The predicted octanol–water partition coefficient (Wildman–Crippen LogP) is -0.250. The Hall–Kier alpha value is -1.05. The average Bonchev–Trinajstić information content (AvgIpc) is 2.72. The van der Waals surface area contributed by atoms with Crippen molar-refractivity contribution in [1.82, 2.24) is 10.6 Å². The monoisotopic (exact) mass is 210 g/mol. The van der Waals surface area contributed by atoms with Crippen molar-refractivity contribution < 1.29 is 9.53 Å². The highest BCUT2D eigenvalue weighted by molar-refractivity contribution is 5.79. The van der Waals surface area contributed by atoms with E-state index in [0.29, 0.717) is 26.2 Å². The van der Waals surface area contributed by atoms with Crippen LogP contribution in [0.15, 0.2) is 0 Å². The molecule has 1 fully saturated rings. The first-order valence-corrected chi connectivity index (χ1v) is 5.25. The number of unbranched alkanes of at least 4 members (excludes halogenated alkanes) is 1. The van der Waals surface area contributed by atoms with Crippen LogP contribution >= 0.6 is 0 Å². The summed E-state index contributed by atoms with van der Waals surface area (Å²) in [7, 11) is 1.85. The van der Waals surface area contributed by atoms with Crippen LogP contribution in [0.3, 0.4) is 0 Å². The maximum atomic E-state index is 11.7. The third-order valence-corrected chi connectivity index (χ3v) is 2.59. The largest absolute Gasteiger partial charge is 0.379 e. The van der Waals surface area contributed by atoms with Crippen LogP contribution in [0.4, 0.5) is 0 Å². The molecule has 0 aliphatic carbocycles. The molecule has 84 valence electrons. The van der Waals surface area contributed by atoms with Crippen LogP contribution in [0.5, 0.6) is 0 Å². The number of terminal acetylenes is 1. The lowest BCUT2D eigenvalue weighted by atomic mass is 10.0. The van der Waals surface area contributed by atoms with Crippen LogP contribution in [0.2, 0.25) is 0 Å². The summed E-state index contributed by atoms with van der Waals surface area (Å²) in [6.07, 6.45) is 6.66. The zero-order chi connectivity index (χ0) is 11.1. The van der Waals surface area contributed by atoms with Gasteiger partial charge in [-0.15, -0.1) is 12.3 Å². The fourth-order valence-corrected chi connectivity index (χ4v) is 1.63. The van der Waals surface area contributed by atoms with Crippen LogP contribution in [-0.4, -0.2) is 38.8 Å². The van der Waals surface area contributed by atoms with Gasteiger partial charge in [0.2, 0.25) is 5.91 Å². The molecule has 1 heterocycles. The Morgan fingerprint density at radius 1 is 1.60 bits per heavy atom. The first kappa shape index (κ1) is 12.0. The summed E-state index contributed by atoms with van der Waals surface area (Å²) < 4.78 is 5.25. The number of hydrogen-bond donors (Lipinski definition) is 2. The third kappa shape index (κ3) is 3.54. The minimum Gasteiger partial charge on any atom is -0.379 e. The van der Waals surface area contributed by atoms with Gasteiger partial charge in [-0.2, -0.15) is 0 Å². The zero-order valence-corrected chi connectivity index (χ0v) is 9.08. The summed E-state index contributed by atoms with van der Waals surface area (Å²) in [4.78, 5) is 11.7. The van der Waals surface area contributed by atoms with Crippen molar-refractivity contribution >= 4 is 5.91 Å². The molecule has 0 saturated carbocycles. The maximum absolute atomic E-state index is 11.7. The quantitative estimate of drug-likeness (QED) is 0.486. The van der Waals surface area contributed by atoms with E-state index in [2.05, 4.69) is 16.6 Å². The summed E-state index contributed by atoms with van der Waals surface area (Å²) >= 11 is 0. The van der Waals surface area contributed by atoms with Gasteiger partial charge in [0.15, 0.2) is 0 Å². The molecular formula is C11H18N2O2. The standard InChI is InChI=1S/C11H18N2O2/c1-3-4-5-6-13-11(14)9-7-15-8-10(9)12-2/h1,9-10,12H,4-8H2,2H3,(H,13,14).